The average molecular weight is 141 g/mol. The maximum Gasteiger partial charge on any atom is 0.0551 e. The van der Waals surface area contributed by atoms with Crippen LogP contribution < -0.4 is 5.73 Å². The molecule has 0 aliphatic carbocycles. The van der Waals surface area contributed by atoms with Crippen molar-refractivity contribution in [1.82, 2.24) is 0 Å². The SMILES string of the molecule is NCC#CC1CCSC1. The molecule has 50 valence electrons. The van der Waals surface area contributed by atoms with Gasteiger partial charge in [-0.25, -0.2) is 0 Å². The van der Waals surface area contributed by atoms with Crippen molar-refractivity contribution in [3.8, 4) is 11.8 Å². The van der Waals surface area contributed by atoms with Gasteiger partial charge in [-0.3, -0.25) is 0 Å². The smallest absolute Gasteiger partial charge is 0.0551 e. The van der Waals surface area contributed by atoms with Crippen LogP contribution in [-0.2, 0) is 0 Å². The first-order valence-electron chi connectivity index (χ1n) is 3.19. The minimum Gasteiger partial charge on any atom is -0.320 e. The van der Waals surface area contributed by atoms with Gasteiger partial charge in [-0.1, -0.05) is 11.8 Å². The van der Waals surface area contributed by atoms with E-state index in [0.717, 1.165) is 0 Å². The van der Waals surface area contributed by atoms with E-state index < -0.39 is 0 Å². The maximum absolute atomic E-state index is 5.23. The highest BCUT2D eigenvalue weighted by Gasteiger charge is 2.11. The maximum atomic E-state index is 5.23. The molecule has 1 fully saturated rings. The molecule has 0 aromatic carbocycles. The average Bonchev–Trinajstić information content (AvgIpc) is 2.34. The third kappa shape index (κ3) is 2.30. The first kappa shape index (κ1) is 6.98. The van der Waals surface area contributed by atoms with Gasteiger partial charge in [0.2, 0.25) is 0 Å². The molecule has 0 bridgehead atoms. The van der Waals surface area contributed by atoms with Gasteiger partial charge in [0, 0.05) is 11.7 Å². The monoisotopic (exact) mass is 141 g/mol. The van der Waals surface area contributed by atoms with Crippen molar-refractivity contribution in [2.45, 2.75) is 6.42 Å². The molecule has 1 saturated heterocycles. The Morgan fingerprint density at radius 2 is 2.56 bits per heavy atom. The summed E-state index contributed by atoms with van der Waals surface area (Å²) >= 11 is 1.99. The Kier molecular flexibility index (Phi) is 2.96. The molecule has 1 unspecified atom stereocenters. The van der Waals surface area contributed by atoms with Gasteiger partial charge in [0.05, 0.1) is 6.54 Å². The van der Waals surface area contributed by atoms with E-state index in [9.17, 15) is 0 Å². The number of thioether (sulfide) groups is 1. The Morgan fingerprint density at radius 1 is 1.67 bits per heavy atom. The Hall–Kier alpha value is -0.130. The lowest BCUT2D eigenvalue weighted by Gasteiger charge is -1.92. The van der Waals surface area contributed by atoms with Gasteiger partial charge in [0.1, 0.15) is 0 Å². The van der Waals surface area contributed by atoms with E-state index in [1.807, 2.05) is 11.8 Å². The Balaban J connectivity index is 2.26. The van der Waals surface area contributed by atoms with Crippen molar-refractivity contribution in [3.05, 3.63) is 0 Å². The van der Waals surface area contributed by atoms with Crippen LogP contribution in [0.25, 0.3) is 0 Å². The second-order valence-corrected chi connectivity index (χ2v) is 3.24. The summed E-state index contributed by atoms with van der Waals surface area (Å²) in [6.07, 6.45) is 1.26. The summed E-state index contributed by atoms with van der Waals surface area (Å²) in [5, 5.41) is 0. The van der Waals surface area contributed by atoms with E-state index in [1.165, 1.54) is 17.9 Å². The van der Waals surface area contributed by atoms with Crippen LogP contribution in [0.3, 0.4) is 0 Å². The number of hydrogen-bond donors (Lipinski definition) is 1. The summed E-state index contributed by atoms with van der Waals surface area (Å²) < 4.78 is 0. The van der Waals surface area contributed by atoms with Gasteiger partial charge in [-0.15, -0.1) is 0 Å². The fourth-order valence-electron chi connectivity index (χ4n) is 0.852. The molecule has 1 aliphatic heterocycles. The van der Waals surface area contributed by atoms with E-state index >= 15 is 0 Å². The molecule has 1 atom stereocenters. The van der Waals surface area contributed by atoms with Gasteiger partial charge >= 0.3 is 0 Å². The molecule has 1 aliphatic rings. The fourth-order valence-corrected chi connectivity index (χ4v) is 2.00. The number of nitrogens with two attached hydrogens (primary N) is 1. The Bertz CT molecular complexity index is 128. The normalized spacial score (nSPS) is 25.2. The highest BCUT2D eigenvalue weighted by atomic mass is 32.2. The third-order valence-electron chi connectivity index (χ3n) is 1.34. The third-order valence-corrected chi connectivity index (χ3v) is 2.50. The topological polar surface area (TPSA) is 26.0 Å². The van der Waals surface area contributed by atoms with Crippen LogP contribution in [0.1, 0.15) is 6.42 Å². The highest BCUT2D eigenvalue weighted by Crippen LogP contribution is 2.22. The Labute approximate surface area is 60.4 Å². The van der Waals surface area contributed by atoms with E-state index in [-0.39, 0.29) is 0 Å². The van der Waals surface area contributed by atoms with Gasteiger partial charge in [-0.05, 0) is 12.2 Å². The van der Waals surface area contributed by atoms with Crippen molar-refractivity contribution in [1.29, 1.82) is 0 Å². The molecule has 2 N–H and O–H groups in total. The molecule has 0 aromatic rings. The van der Waals surface area contributed by atoms with Crippen molar-refractivity contribution < 1.29 is 0 Å². The largest absolute Gasteiger partial charge is 0.320 e. The van der Waals surface area contributed by atoms with E-state index in [1.54, 1.807) is 0 Å². The van der Waals surface area contributed by atoms with Crippen LogP contribution in [0.15, 0.2) is 0 Å². The van der Waals surface area contributed by atoms with Crippen molar-refractivity contribution in [3.63, 3.8) is 0 Å². The van der Waals surface area contributed by atoms with Crippen molar-refractivity contribution in [2.24, 2.45) is 11.7 Å². The van der Waals surface area contributed by atoms with Crippen LogP contribution in [0, 0.1) is 17.8 Å². The summed E-state index contributed by atoms with van der Waals surface area (Å²) in [7, 11) is 0. The van der Waals surface area contributed by atoms with Crippen LogP contribution in [0.4, 0.5) is 0 Å². The van der Waals surface area contributed by atoms with Crippen LogP contribution in [-0.4, -0.2) is 18.1 Å². The van der Waals surface area contributed by atoms with E-state index in [2.05, 4.69) is 11.8 Å². The van der Waals surface area contributed by atoms with Crippen molar-refractivity contribution in [2.75, 3.05) is 18.1 Å². The molecular weight excluding hydrogens is 130 g/mol. The lowest BCUT2D eigenvalue weighted by molar-refractivity contribution is 0.774. The van der Waals surface area contributed by atoms with E-state index in [4.69, 9.17) is 5.73 Å². The number of hydrogen-bond acceptors (Lipinski definition) is 2. The second kappa shape index (κ2) is 3.81. The molecule has 0 amide bonds. The minimum absolute atomic E-state index is 0.515. The molecule has 1 nitrogen and oxygen atoms in total. The zero-order chi connectivity index (χ0) is 6.53. The molecule has 2 heteroatoms. The lowest BCUT2D eigenvalue weighted by atomic mass is 10.1. The molecule has 0 saturated carbocycles. The Morgan fingerprint density at radius 3 is 3.11 bits per heavy atom. The van der Waals surface area contributed by atoms with Gasteiger partial charge in [-0.2, -0.15) is 11.8 Å². The molecule has 1 heterocycles. The van der Waals surface area contributed by atoms with Crippen LogP contribution in [0.5, 0.6) is 0 Å². The first-order chi connectivity index (χ1) is 4.43. The standard InChI is InChI=1S/C7H11NS/c8-4-1-2-7-3-5-9-6-7/h7H,3-6,8H2. The second-order valence-electron chi connectivity index (χ2n) is 2.09. The number of rotatable bonds is 0. The molecule has 0 spiro atoms. The summed E-state index contributed by atoms with van der Waals surface area (Å²) in [6.45, 7) is 0.515. The zero-order valence-electron chi connectivity index (χ0n) is 5.39. The van der Waals surface area contributed by atoms with Gasteiger partial charge < -0.3 is 5.73 Å². The predicted octanol–water partition coefficient (Wildman–Crippen LogP) is 0.702. The fraction of sp³-hybridized carbons (Fsp3) is 0.714. The quantitative estimate of drug-likeness (QED) is 0.503. The lowest BCUT2D eigenvalue weighted by Crippen LogP contribution is -1.97. The predicted molar refractivity (Wildman–Crippen MR) is 42.3 cm³/mol. The van der Waals surface area contributed by atoms with Crippen molar-refractivity contribution >= 4 is 11.8 Å². The highest BCUT2D eigenvalue weighted by molar-refractivity contribution is 7.99. The molecule has 0 aromatic heterocycles. The summed E-state index contributed by atoms with van der Waals surface area (Å²) in [5.74, 6) is 9.17. The van der Waals surface area contributed by atoms with Crippen LogP contribution >= 0.6 is 11.8 Å². The summed E-state index contributed by atoms with van der Waals surface area (Å²) in [5.41, 5.74) is 5.23. The first-order valence-corrected chi connectivity index (χ1v) is 4.35. The van der Waals surface area contributed by atoms with Crippen LogP contribution in [0.2, 0.25) is 0 Å². The summed E-state index contributed by atoms with van der Waals surface area (Å²) in [6, 6.07) is 0. The van der Waals surface area contributed by atoms with E-state index in [0.29, 0.717) is 12.5 Å². The molecule has 1 rings (SSSR count). The van der Waals surface area contributed by atoms with Gasteiger partial charge in [0.15, 0.2) is 0 Å². The van der Waals surface area contributed by atoms with Gasteiger partial charge in [0.25, 0.3) is 0 Å². The minimum atomic E-state index is 0.515. The summed E-state index contributed by atoms with van der Waals surface area (Å²) in [4.78, 5) is 0. The molecular formula is C7H11NS. The molecule has 0 radical (unpaired) electrons. The molecule has 9 heavy (non-hydrogen) atoms. The zero-order valence-corrected chi connectivity index (χ0v) is 6.21.